The van der Waals surface area contributed by atoms with Gasteiger partial charge in [0.15, 0.2) is 5.11 Å². The maximum Gasteiger partial charge on any atom is 0.333 e. The Morgan fingerprint density at radius 1 is 1.44 bits per heavy atom. The molecule has 2 rings (SSSR count). The molecule has 82 valence electrons. The van der Waals surface area contributed by atoms with Crippen LogP contribution in [0.2, 0.25) is 0 Å². The number of carbonyl (C=O) groups excluding carboxylic acids is 1. The summed E-state index contributed by atoms with van der Waals surface area (Å²) in [6, 6.07) is 5.45. The Morgan fingerprint density at radius 3 is 2.94 bits per heavy atom. The number of ether oxygens (including phenoxy) is 1. The number of esters is 1. The summed E-state index contributed by atoms with van der Waals surface area (Å²) in [6.07, 6.45) is 3.03. The van der Waals surface area contributed by atoms with Crippen LogP contribution in [0.15, 0.2) is 36.2 Å². The Bertz CT molecular complexity index is 445. The lowest BCUT2D eigenvalue weighted by atomic mass is 10.4. The Kier molecular flexibility index (Phi) is 3.11. The second-order valence-corrected chi connectivity index (χ2v) is 3.48. The molecule has 1 aliphatic heterocycles. The van der Waals surface area contributed by atoms with E-state index in [9.17, 15) is 4.79 Å². The molecule has 16 heavy (non-hydrogen) atoms. The van der Waals surface area contributed by atoms with Gasteiger partial charge in [0.25, 0.3) is 0 Å². The number of nitrogens with zero attached hydrogens (tertiary/aromatic N) is 1. The molecule has 0 amide bonds. The average Bonchev–Trinajstić information content (AvgIpc) is 2.65. The van der Waals surface area contributed by atoms with Crippen LogP contribution in [-0.2, 0) is 9.53 Å². The van der Waals surface area contributed by atoms with Crippen molar-refractivity contribution in [3.8, 4) is 0 Å². The van der Waals surface area contributed by atoms with Crippen molar-refractivity contribution < 1.29 is 9.53 Å². The van der Waals surface area contributed by atoms with E-state index in [1.165, 1.54) is 6.08 Å². The molecule has 6 heteroatoms. The lowest BCUT2D eigenvalue weighted by molar-refractivity contribution is -0.134. The van der Waals surface area contributed by atoms with Gasteiger partial charge < -0.3 is 15.4 Å². The molecule has 1 aromatic heterocycles. The van der Waals surface area contributed by atoms with E-state index in [0.717, 1.165) is 0 Å². The first-order valence-electron chi connectivity index (χ1n) is 4.60. The molecule has 1 aliphatic rings. The van der Waals surface area contributed by atoms with Crippen molar-refractivity contribution in [1.82, 2.24) is 10.3 Å². The van der Waals surface area contributed by atoms with Gasteiger partial charge >= 0.3 is 5.97 Å². The summed E-state index contributed by atoms with van der Waals surface area (Å²) in [5, 5.41) is 6.12. The largest absolute Gasteiger partial charge is 0.456 e. The van der Waals surface area contributed by atoms with E-state index >= 15 is 0 Å². The number of anilines is 1. The number of cyclic esters (lactones) is 1. The summed E-state index contributed by atoms with van der Waals surface area (Å²) in [6.45, 7) is 0.225. The highest BCUT2D eigenvalue weighted by molar-refractivity contribution is 7.80. The van der Waals surface area contributed by atoms with E-state index < -0.39 is 0 Å². The SMILES string of the molecule is O=C1C=C(NC(=S)Nc2ccccn2)CO1. The van der Waals surface area contributed by atoms with Crippen LogP contribution in [0, 0.1) is 0 Å². The average molecular weight is 235 g/mol. The highest BCUT2D eigenvalue weighted by atomic mass is 32.1. The van der Waals surface area contributed by atoms with Crippen molar-refractivity contribution in [2.45, 2.75) is 0 Å². The van der Waals surface area contributed by atoms with Gasteiger partial charge in [-0.15, -0.1) is 0 Å². The van der Waals surface area contributed by atoms with Crippen LogP contribution in [0.25, 0.3) is 0 Å². The molecule has 0 radical (unpaired) electrons. The minimum absolute atomic E-state index is 0.225. The molecule has 1 aromatic rings. The van der Waals surface area contributed by atoms with Crippen molar-refractivity contribution >= 4 is 29.1 Å². The van der Waals surface area contributed by atoms with Crippen LogP contribution in [0.5, 0.6) is 0 Å². The molecular formula is C10H9N3O2S. The molecule has 0 saturated carbocycles. The van der Waals surface area contributed by atoms with Crippen molar-refractivity contribution in [3.05, 3.63) is 36.2 Å². The monoisotopic (exact) mass is 235 g/mol. The Labute approximate surface area is 97.5 Å². The number of aromatic nitrogens is 1. The van der Waals surface area contributed by atoms with Gasteiger partial charge in [0.05, 0.1) is 5.70 Å². The fourth-order valence-corrected chi connectivity index (χ4v) is 1.41. The Balaban J connectivity index is 1.90. The zero-order valence-corrected chi connectivity index (χ0v) is 9.08. The zero-order valence-electron chi connectivity index (χ0n) is 8.27. The molecular weight excluding hydrogens is 226 g/mol. The third-order valence-corrected chi connectivity index (χ3v) is 2.05. The minimum Gasteiger partial charge on any atom is -0.456 e. The summed E-state index contributed by atoms with van der Waals surface area (Å²) in [7, 11) is 0. The number of pyridine rings is 1. The maximum atomic E-state index is 10.8. The van der Waals surface area contributed by atoms with Crippen molar-refractivity contribution in [3.63, 3.8) is 0 Å². The normalized spacial score (nSPS) is 14.0. The van der Waals surface area contributed by atoms with Crippen LogP contribution in [-0.4, -0.2) is 22.7 Å². The van der Waals surface area contributed by atoms with Crippen LogP contribution in [0.1, 0.15) is 0 Å². The van der Waals surface area contributed by atoms with E-state index in [1.807, 2.05) is 12.1 Å². The highest BCUT2D eigenvalue weighted by Gasteiger charge is 2.13. The predicted octanol–water partition coefficient (Wildman–Crippen LogP) is 0.809. The van der Waals surface area contributed by atoms with Crippen LogP contribution in [0.4, 0.5) is 5.82 Å². The van der Waals surface area contributed by atoms with Gasteiger partial charge in [-0.1, -0.05) is 6.07 Å². The third-order valence-electron chi connectivity index (χ3n) is 1.84. The van der Waals surface area contributed by atoms with Gasteiger partial charge in [-0.2, -0.15) is 0 Å². The molecule has 0 aliphatic carbocycles. The lowest BCUT2D eigenvalue weighted by Gasteiger charge is -2.08. The van der Waals surface area contributed by atoms with E-state index in [2.05, 4.69) is 15.6 Å². The van der Waals surface area contributed by atoms with Crippen molar-refractivity contribution in [1.29, 1.82) is 0 Å². The molecule has 2 N–H and O–H groups in total. The fourth-order valence-electron chi connectivity index (χ4n) is 1.18. The Hall–Kier alpha value is -1.95. The van der Waals surface area contributed by atoms with Crippen molar-refractivity contribution in [2.75, 3.05) is 11.9 Å². The molecule has 2 heterocycles. The summed E-state index contributed by atoms with van der Waals surface area (Å²) in [5.74, 6) is 0.286. The zero-order chi connectivity index (χ0) is 11.4. The first kappa shape index (κ1) is 10.6. The number of hydrogen-bond donors (Lipinski definition) is 2. The predicted molar refractivity (Wildman–Crippen MR) is 62.6 cm³/mol. The Morgan fingerprint density at radius 2 is 2.31 bits per heavy atom. The summed E-state index contributed by atoms with van der Waals surface area (Å²) in [4.78, 5) is 14.8. The first-order valence-corrected chi connectivity index (χ1v) is 5.01. The second-order valence-electron chi connectivity index (χ2n) is 3.07. The van der Waals surface area contributed by atoms with Gasteiger partial charge in [0.2, 0.25) is 0 Å². The van der Waals surface area contributed by atoms with Crippen molar-refractivity contribution in [2.24, 2.45) is 0 Å². The van der Waals surface area contributed by atoms with E-state index in [1.54, 1.807) is 12.3 Å². The first-order chi connectivity index (χ1) is 7.74. The molecule has 5 nitrogen and oxygen atoms in total. The maximum absolute atomic E-state index is 10.8. The van der Waals surface area contributed by atoms with E-state index in [0.29, 0.717) is 16.6 Å². The van der Waals surface area contributed by atoms with E-state index in [4.69, 9.17) is 17.0 Å². The molecule has 0 fully saturated rings. The summed E-state index contributed by atoms with van der Waals surface area (Å²) >= 11 is 5.04. The van der Waals surface area contributed by atoms with Gasteiger partial charge in [-0.25, -0.2) is 9.78 Å². The number of nitrogens with one attached hydrogen (secondary N) is 2. The highest BCUT2D eigenvalue weighted by Crippen LogP contribution is 2.04. The van der Waals surface area contributed by atoms with Gasteiger partial charge in [0, 0.05) is 12.3 Å². The van der Waals surface area contributed by atoms with E-state index in [-0.39, 0.29) is 12.6 Å². The number of hydrogen-bond acceptors (Lipinski definition) is 4. The molecule has 0 aromatic carbocycles. The number of thiocarbonyl (C=S) groups is 1. The quantitative estimate of drug-likeness (QED) is 0.584. The molecule has 0 atom stereocenters. The van der Waals surface area contributed by atoms with Crippen LogP contribution in [0.3, 0.4) is 0 Å². The topological polar surface area (TPSA) is 63.2 Å². The fraction of sp³-hybridized carbons (Fsp3) is 0.100. The lowest BCUT2D eigenvalue weighted by Crippen LogP contribution is -2.28. The summed E-state index contributed by atoms with van der Waals surface area (Å²) < 4.78 is 4.72. The number of rotatable bonds is 2. The molecule has 0 unspecified atom stereocenters. The van der Waals surface area contributed by atoms with Gasteiger partial charge in [0.1, 0.15) is 12.4 Å². The minimum atomic E-state index is -0.358. The molecule has 0 spiro atoms. The standard InChI is InChI=1S/C10H9N3O2S/c14-9-5-7(6-15-9)12-10(16)13-8-3-1-2-4-11-8/h1-5H,6H2,(H2,11,12,13,16). The second kappa shape index (κ2) is 4.71. The summed E-state index contributed by atoms with van der Waals surface area (Å²) in [5.41, 5.74) is 0.637. The van der Waals surface area contributed by atoms with Gasteiger partial charge in [-0.05, 0) is 24.4 Å². The smallest absolute Gasteiger partial charge is 0.333 e. The van der Waals surface area contributed by atoms with Gasteiger partial charge in [-0.3, -0.25) is 0 Å². The molecule has 0 saturated heterocycles. The third kappa shape index (κ3) is 2.77. The number of carbonyl (C=O) groups is 1. The van der Waals surface area contributed by atoms with Crippen LogP contribution >= 0.6 is 12.2 Å². The molecule has 0 bridgehead atoms. The van der Waals surface area contributed by atoms with Crippen LogP contribution < -0.4 is 10.6 Å².